The molecule has 1 saturated carbocycles. The minimum Gasteiger partial charge on any atom is -0.388 e. The Morgan fingerprint density at radius 1 is 1.35 bits per heavy atom. The Balaban J connectivity index is 1.81. The van der Waals surface area contributed by atoms with E-state index in [0.717, 1.165) is 38.3 Å². The van der Waals surface area contributed by atoms with Crippen molar-refractivity contribution in [2.24, 2.45) is 10.9 Å². The second-order valence-corrected chi connectivity index (χ2v) is 5.56. The first-order valence-corrected chi connectivity index (χ1v) is 6.93. The Bertz CT molecular complexity index is 270. The molecule has 98 valence electrons. The van der Waals surface area contributed by atoms with Crippen LogP contribution in [0.15, 0.2) is 4.99 Å². The molecule has 0 amide bonds. The molecule has 2 rings (SSSR count). The summed E-state index contributed by atoms with van der Waals surface area (Å²) in [5.74, 6) is 1.29. The van der Waals surface area contributed by atoms with Crippen molar-refractivity contribution in [1.82, 2.24) is 10.6 Å². The van der Waals surface area contributed by atoms with E-state index in [0.29, 0.717) is 12.5 Å². The number of aliphatic imine (C=N–C) groups is 1. The first-order chi connectivity index (χ1) is 8.18. The van der Waals surface area contributed by atoms with Crippen molar-refractivity contribution in [2.75, 3.05) is 19.6 Å². The van der Waals surface area contributed by atoms with Crippen LogP contribution in [0.1, 0.15) is 45.4 Å². The molecular weight excluding hydrogens is 214 g/mol. The summed E-state index contributed by atoms with van der Waals surface area (Å²) in [6, 6.07) is 0. The first kappa shape index (κ1) is 12.7. The van der Waals surface area contributed by atoms with E-state index in [4.69, 9.17) is 0 Å². The Kier molecular flexibility index (Phi) is 4.26. The van der Waals surface area contributed by atoms with Crippen LogP contribution in [0.5, 0.6) is 0 Å². The third kappa shape index (κ3) is 3.60. The molecule has 3 N–H and O–H groups in total. The number of hydrogen-bond donors (Lipinski definition) is 3. The molecule has 1 heterocycles. The van der Waals surface area contributed by atoms with Crippen molar-refractivity contribution in [3.8, 4) is 0 Å². The van der Waals surface area contributed by atoms with Gasteiger partial charge in [0.2, 0.25) is 0 Å². The van der Waals surface area contributed by atoms with E-state index >= 15 is 0 Å². The van der Waals surface area contributed by atoms with E-state index in [9.17, 15) is 5.11 Å². The molecule has 17 heavy (non-hydrogen) atoms. The summed E-state index contributed by atoms with van der Waals surface area (Å²) in [7, 11) is 0. The lowest BCUT2D eigenvalue weighted by molar-refractivity contribution is -0.0119. The molecule has 0 bridgehead atoms. The van der Waals surface area contributed by atoms with Crippen molar-refractivity contribution in [3.05, 3.63) is 0 Å². The average Bonchev–Trinajstić information content (AvgIpc) is 2.39. The van der Waals surface area contributed by atoms with Crippen LogP contribution in [0.25, 0.3) is 0 Å². The van der Waals surface area contributed by atoms with Gasteiger partial charge in [-0.25, -0.2) is 0 Å². The van der Waals surface area contributed by atoms with Crippen molar-refractivity contribution >= 4 is 5.96 Å². The highest BCUT2D eigenvalue weighted by atomic mass is 16.3. The van der Waals surface area contributed by atoms with Gasteiger partial charge < -0.3 is 15.7 Å². The van der Waals surface area contributed by atoms with E-state index in [1.165, 1.54) is 19.3 Å². The predicted octanol–water partition coefficient (Wildman–Crippen LogP) is 1.26. The maximum Gasteiger partial charge on any atom is 0.191 e. The Morgan fingerprint density at radius 3 is 2.76 bits per heavy atom. The molecule has 0 aromatic rings. The summed E-state index contributed by atoms with van der Waals surface area (Å²) in [4.78, 5) is 4.36. The summed E-state index contributed by atoms with van der Waals surface area (Å²) >= 11 is 0. The van der Waals surface area contributed by atoms with E-state index < -0.39 is 5.60 Å². The minimum absolute atomic E-state index is 0.438. The number of nitrogens with one attached hydrogen (secondary N) is 2. The van der Waals surface area contributed by atoms with Gasteiger partial charge in [0, 0.05) is 19.6 Å². The van der Waals surface area contributed by atoms with Crippen molar-refractivity contribution in [1.29, 1.82) is 0 Å². The highest BCUT2D eigenvalue weighted by Gasteiger charge is 2.32. The molecule has 4 nitrogen and oxygen atoms in total. The van der Waals surface area contributed by atoms with Gasteiger partial charge in [-0.3, -0.25) is 4.99 Å². The number of aliphatic hydroxyl groups is 1. The van der Waals surface area contributed by atoms with Crippen LogP contribution in [0.3, 0.4) is 0 Å². The van der Waals surface area contributed by atoms with Gasteiger partial charge in [-0.2, -0.15) is 0 Å². The molecule has 0 aromatic heterocycles. The highest BCUT2D eigenvalue weighted by molar-refractivity contribution is 5.80. The molecule has 4 heteroatoms. The molecule has 0 spiro atoms. The van der Waals surface area contributed by atoms with E-state index in [2.05, 4.69) is 15.6 Å². The highest BCUT2D eigenvalue weighted by Crippen LogP contribution is 2.32. The summed E-state index contributed by atoms with van der Waals surface area (Å²) < 4.78 is 0. The molecule has 0 aromatic carbocycles. The fraction of sp³-hybridized carbons (Fsp3) is 0.923. The lowest BCUT2D eigenvalue weighted by Crippen LogP contribution is -2.50. The molecule has 1 fully saturated rings. The quantitative estimate of drug-likeness (QED) is 0.695. The van der Waals surface area contributed by atoms with Gasteiger partial charge in [-0.05, 0) is 32.1 Å². The third-order valence-corrected chi connectivity index (χ3v) is 4.00. The summed E-state index contributed by atoms with van der Waals surface area (Å²) in [5, 5.41) is 17.0. The van der Waals surface area contributed by atoms with Crippen LogP contribution in [-0.4, -0.2) is 36.3 Å². The second kappa shape index (κ2) is 5.71. The first-order valence-electron chi connectivity index (χ1n) is 6.93. The molecule has 1 atom stereocenters. The Labute approximate surface area is 104 Å². The van der Waals surface area contributed by atoms with E-state index in [1.54, 1.807) is 0 Å². The molecule has 1 unspecified atom stereocenters. The molecule has 0 radical (unpaired) electrons. The Hall–Kier alpha value is -0.770. The number of rotatable bonds is 3. The van der Waals surface area contributed by atoms with Crippen LogP contribution in [0.4, 0.5) is 0 Å². The van der Waals surface area contributed by atoms with Crippen LogP contribution >= 0.6 is 0 Å². The van der Waals surface area contributed by atoms with Gasteiger partial charge in [0.05, 0.1) is 5.60 Å². The maximum absolute atomic E-state index is 10.5. The standard InChI is InChI=1S/C13H25N3O/c1-13(17,11-6-3-2-4-7-11)10-16-12-14-8-5-9-15-12/h11,17H,2-10H2,1H3,(H2,14,15,16). The molecule has 1 aliphatic carbocycles. The molecular formula is C13H25N3O. The van der Waals surface area contributed by atoms with Crippen LogP contribution < -0.4 is 10.6 Å². The summed E-state index contributed by atoms with van der Waals surface area (Å²) in [6.45, 7) is 4.43. The maximum atomic E-state index is 10.5. The van der Waals surface area contributed by atoms with Crippen molar-refractivity contribution in [2.45, 2.75) is 51.0 Å². The smallest absolute Gasteiger partial charge is 0.191 e. The zero-order valence-electron chi connectivity index (χ0n) is 10.8. The summed E-state index contributed by atoms with van der Waals surface area (Å²) in [5.41, 5.74) is -0.609. The van der Waals surface area contributed by atoms with E-state index in [-0.39, 0.29) is 0 Å². The zero-order valence-corrected chi connectivity index (χ0v) is 10.8. The molecule has 2 aliphatic rings. The normalized spacial score (nSPS) is 25.6. The minimum atomic E-state index is -0.609. The van der Waals surface area contributed by atoms with Gasteiger partial charge in [-0.1, -0.05) is 19.3 Å². The van der Waals surface area contributed by atoms with Gasteiger partial charge in [0.15, 0.2) is 5.96 Å². The lowest BCUT2D eigenvalue weighted by atomic mass is 9.78. The van der Waals surface area contributed by atoms with Crippen molar-refractivity contribution in [3.63, 3.8) is 0 Å². The largest absolute Gasteiger partial charge is 0.388 e. The average molecular weight is 239 g/mol. The van der Waals surface area contributed by atoms with Gasteiger partial charge >= 0.3 is 0 Å². The summed E-state index contributed by atoms with van der Waals surface area (Å²) in [6.07, 6.45) is 7.28. The number of guanidine groups is 1. The topological polar surface area (TPSA) is 56.6 Å². The lowest BCUT2D eigenvalue weighted by Gasteiger charge is -2.36. The van der Waals surface area contributed by atoms with Gasteiger partial charge in [-0.15, -0.1) is 0 Å². The van der Waals surface area contributed by atoms with E-state index in [1.807, 2.05) is 6.92 Å². The molecule has 1 aliphatic heterocycles. The number of nitrogens with zero attached hydrogens (tertiary/aromatic N) is 1. The van der Waals surface area contributed by atoms with Crippen LogP contribution in [-0.2, 0) is 0 Å². The van der Waals surface area contributed by atoms with Crippen LogP contribution in [0, 0.1) is 5.92 Å². The fourth-order valence-electron chi connectivity index (χ4n) is 2.78. The van der Waals surface area contributed by atoms with Gasteiger partial charge in [0.25, 0.3) is 0 Å². The van der Waals surface area contributed by atoms with Crippen LogP contribution in [0.2, 0.25) is 0 Å². The van der Waals surface area contributed by atoms with Crippen molar-refractivity contribution < 1.29 is 5.11 Å². The SMILES string of the molecule is CC(O)(CNC1=NCCCN1)C1CCCCC1. The monoisotopic (exact) mass is 239 g/mol. The third-order valence-electron chi connectivity index (χ3n) is 4.00. The Morgan fingerprint density at radius 2 is 2.12 bits per heavy atom. The zero-order chi connectivity index (χ0) is 12.1. The fourth-order valence-corrected chi connectivity index (χ4v) is 2.78. The second-order valence-electron chi connectivity index (χ2n) is 5.56. The molecule has 0 saturated heterocycles. The van der Waals surface area contributed by atoms with Gasteiger partial charge in [0.1, 0.15) is 0 Å². The predicted molar refractivity (Wildman–Crippen MR) is 70.1 cm³/mol. The number of hydrogen-bond acceptors (Lipinski definition) is 4.